The predicted molar refractivity (Wildman–Crippen MR) is 61.9 cm³/mol. The Balaban J connectivity index is 2.52. The second-order valence-electron chi connectivity index (χ2n) is 3.50. The molecule has 0 fully saturated rings. The zero-order chi connectivity index (χ0) is 10.8. The number of aliphatic hydroxyl groups is 1. The van der Waals surface area contributed by atoms with Crippen LogP contribution in [0.5, 0.6) is 0 Å². The third-order valence-electron chi connectivity index (χ3n) is 2.48. The zero-order valence-corrected chi connectivity index (χ0v) is 8.96. The minimum Gasteiger partial charge on any atom is -0.388 e. The molecule has 0 aliphatic heterocycles. The summed E-state index contributed by atoms with van der Waals surface area (Å²) in [4.78, 5) is 3.08. The van der Waals surface area contributed by atoms with Crippen molar-refractivity contribution in [3.05, 3.63) is 35.0 Å². The molecule has 1 unspecified atom stereocenters. The van der Waals surface area contributed by atoms with Gasteiger partial charge in [0.15, 0.2) is 0 Å². The average Bonchev–Trinajstić information content (AvgIpc) is 2.63. The van der Waals surface area contributed by atoms with Gasteiger partial charge in [-0.05, 0) is 25.1 Å². The monoisotopic (exact) mass is 224 g/mol. The maximum Gasteiger partial charge on any atom is 0.0823 e. The van der Waals surface area contributed by atoms with Crippen LogP contribution in [0.3, 0.4) is 0 Å². The van der Waals surface area contributed by atoms with E-state index in [1.807, 2.05) is 18.2 Å². The molecule has 15 heavy (non-hydrogen) atoms. The molecule has 0 radical (unpaired) electrons. The second kappa shape index (κ2) is 4.23. The van der Waals surface area contributed by atoms with Crippen LogP contribution in [0, 0.1) is 0 Å². The third kappa shape index (κ3) is 1.86. The second-order valence-corrected chi connectivity index (χ2v) is 3.91. The number of benzene rings is 1. The molecule has 0 saturated heterocycles. The Morgan fingerprint density at radius 3 is 3.00 bits per heavy atom. The molecule has 2 aromatic rings. The van der Waals surface area contributed by atoms with E-state index in [0.29, 0.717) is 18.0 Å². The number of hydrogen-bond donors (Lipinski definition) is 3. The van der Waals surface area contributed by atoms with E-state index in [9.17, 15) is 5.11 Å². The van der Waals surface area contributed by atoms with Crippen LogP contribution in [0.2, 0.25) is 5.02 Å². The highest BCUT2D eigenvalue weighted by molar-refractivity contribution is 6.35. The van der Waals surface area contributed by atoms with Crippen molar-refractivity contribution >= 4 is 22.5 Å². The lowest BCUT2D eigenvalue weighted by molar-refractivity contribution is 0.172. The van der Waals surface area contributed by atoms with Gasteiger partial charge in [0.25, 0.3) is 0 Å². The van der Waals surface area contributed by atoms with Crippen molar-refractivity contribution in [2.75, 3.05) is 6.54 Å². The molecular formula is C11H13ClN2O. The fourth-order valence-electron chi connectivity index (χ4n) is 1.74. The molecule has 2 rings (SSSR count). The summed E-state index contributed by atoms with van der Waals surface area (Å²) in [5.41, 5.74) is 7.17. The molecule has 0 bridgehead atoms. The van der Waals surface area contributed by atoms with E-state index in [1.54, 1.807) is 6.20 Å². The van der Waals surface area contributed by atoms with E-state index in [-0.39, 0.29) is 0 Å². The standard InChI is InChI=1S/C11H13ClN2O/c12-8-2-1-3-9-11(8)7(6-14-9)10(15)4-5-13/h1-3,6,10,14-15H,4-5,13H2. The molecule has 0 amide bonds. The average molecular weight is 225 g/mol. The first-order valence-corrected chi connectivity index (χ1v) is 5.25. The Bertz CT molecular complexity index is 467. The normalized spacial score (nSPS) is 13.3. The highest BCUT2D eigenvalue weighted by Gasteiger charge is 2.13. The quantitative estimate of drug-likeness (QED) is 0.749. The van der Waals surface area contributed by atoms with Gasteiger partial charge in [-0.15, -0.1) is 0 Å². The minimum absolute atomic E-state index is 0.457. The first-order chi connectivity index (χ1) is 7.24. The van der Waals surface area contributed by atoms with Gasteiger partial charge in [-0.1, -0.05) is 17.7 Å². The summed E-state index contributed by atoms with van der Waals surface area (Å²) in [6.07, 6.45) is 1.78. The van der Waals surface area contributed by atoms with Crippen molar-refractivity contribution in [1.29, 1.82) is 0 Å². The van der Waals surface area contributed by atoms with Crippen molar-refractivity contribution < 1.29 is 5.11 Å². The summed E-state index contributed by atoms with van der Waals surface area (Å²) in [6.45, 7) is 0.457. The van der Waals surface area contributed by atoms with Gasteiger partial charge in [0.05, 0.1) is 11.1 Å². The Morgan fingerprint density at radius 1 is 1.47 bits per heavy atom. The van der Waals surface area contributed by atoms with E-state index in [0.717, 1.165) is 16.5 Å². The molecule has 4 heteroatoms. The molecule has 0 spiro atoms. The van der Waals surface area contributed by atoms with Crippen molar-refractivity contribution in [3.63, 3.8) is 0 Å². The highest BCUT2D eigenvalue weighted by Crippen LogP contribution is 2.31. The molecule has 1 aromatic carbocycles. The smallest absolute Gasteiger partial charge is 0.0823 e. The number of H-pyrrole nitrogens is 1. The van der Waals surface area contributed by atoms with Gasteiger partial charge >= 0.3 is 0 Å². The van der Waals surface area contributed by atoms with Crippen molar-refractivity contribution in [2.24, 2.45) is 5.73 Å². The van der Waals surface area contributed by atoms with E-state index in [2.05, 4.69) is 4.98 Å². The van der Waals surface area contributed by atoms with E-state index >= 15 is 0 Å². The van der Waals surface area contributed by atoms with Crippen LogP contribution in [0.25, 0.3) is 10.9 Å². The topological polar surface area (TPSA) is 62.0 Å². The van der Waals surface area contributed by atoms with E-state index in [1.165, 1.54) is 0 Å². The number of aliphatic hydroxyl groups excluding tert-OH is 1. The van der Waals surface area contributed by atoms with Crippen LogP contribution in [0.1, 0.15) is 18.1 Å². The number of nitrogens with one attached hydrogen (secondary N) is 1. The number of aromatic amines is 1. The Hall–Kier alpha value is -1.03. The van der Waals surface area contributed by atoms with Gasteiger partial charge < -0.3 is 15.8 Å². The van der Waals surface area contributed by atoms with Gasteiger partial charge in [-0.2, -0.15) is 0 Å². The maximum atomic E-state index is 9.87. The first kappa shape index (κ1) is 10.5. The minimum atomic E-state index is -0.552. The number of aromatic nitrogens is 1. The van der Waals surface area contributed by atoms with Gasteiger partial charge in [0.2, 0.25) is 0 Å². The predicted octanol–water partition coefficient (Wildman–Crippen LogP) is 2.20. The van der Waals surface area contributed by atoms with Crippen molar-refractivity contribution in [2.45, 2.75) is 12.5 Å². The van der Waals surface area contributed by atoms with E-state index < -0.39 is 6.10 Å². The number of rotatable bonds is 3. The van der Waals surface area contributed by atoms with Crippen LogP contribution in [-0.2, 0) is 0 Å². The van der Waals surface area contributed by atoms with Gasteiger partial charge in [-0.3, -0.25) is 0 Å². The lowest BCUT2D eigenvalue weighted by atomic mass is 10.1. The molecule has 4 N–H and O–H groups in total. The number of hydrogen-bond acceptors (Lipinski definition) is 2. The number of halogens is 1. The summed E-state index contributed by atoms with van der Waals surface area (Å²) < 4.78 is 0. The molecule has 0 aliphatic carbocycles. The summed E-state index contributed by atoms with van der Waals surface area (Å²) >= 11 is 6.09. The van der Waals surface area contributed by atoms with Crippen LogP contribution in [0.15, 0.2) is 24.4 Å². The van der Waals surface area contributed by atoms with Crippen molar-refractivity contribution in [1.82, 2.24) is 4.98 Å². The van der Waals surface area contributed by atoms with Crippen molar-refractivity contribution in [3.8, 4) is 0 Å². The molecule has 1 heterocycles. The Kier molecular flexibility index (Phi) is 2.95. The lowest BCUT2D eigenvalue weighted by Gasteiger charge is -2.08. The molecule has 80 valence electrons. The van der Waals surface area contributed by atoms with Crippen LogP contribution in [-0.4, -0.2) is 16.6 Å². The summed E-state index contributed by atoms with van der Waals surface area (Å²) in [5.74, 6) is 0. The zero-order valence-electron chi connectivity index (χ0n) is 8.20. The largest absolute Gasteiger partial charge is 0.388 e. The summed E-state index contributed by atoms with van der Waals surface area (Å²) in [7, 11) is 0. The van der Waals surface area contributed by atoms with Crippen LogP contribution < -0.4 is 5.73 Å². The van der Waals surface area contributed by atoms with E-state index in [4.69, 9.17) is 17.3 Å². The maximum absolute atomic E-state index is 9.87. The Labute approximate surface area is 92.9 Å². The van der Waals surface area contributed by atoms with Gasteiger partial charge in [-0.25, -0.2) is 0 Å². The summed E-state index contributed by atoms with van der Waals surface area (Å²) in [5, 5.41) is 11.4. The molecular weight excluding hydrogens is 212 g/mol. The molecule has 1 aromatic heterocycles. The number of nitrogens with two attached hydrogens (primary N) is 1. The van der Waals surface area contributed by atoms with Crippen LogP contribution in [0.4, 0.5) is 0 Å². The highest BCUT2D eigenvalue weighted by atomic mass is 35.5. The fourth-order valence-corrected chi connectivity index (χ4v) is 2.03. The molecule has 3 nitrogen and oxygen atoms in total. The van der Waals surface area contributed by atoms with Gasteiger partial charge in [0, 0.05) is 22.7 Å². The molecule has 0 saturated carbocycles. The number of fused-ring (bicyclic) bond motifs is 1. The fraction of sp³-hybridized carbons (Fsp3) is 0.273. The summed E-state index contributed by atoms with van der Waals surface area (Å²) in [6, 6.07) is 5.62. The Morgan fingerprint density at radius 2 is 2.27 bits per heavy atom. The lowest BCUT2D eigenvalue weighted by Crippen LogP contribution is -2.06. The third-order valence-corrected chi connectivity index (χ3v) is 2.80. The van der Waals surface area contributed by atoms with Crippen LogP contribution >= 0.6 is 11.6 Å². The molecule has 0 aliphatic rings. The van der Waals surface area contributed by atoms with Gasteiger partial charge in [0.1, 0.15) is 0 Å². The SMILES string of the molecule is NCCC(O)c1c[nH]c2cccc(Cl)c12. The molecule has 1 atom stereocenters. The first-order valence-electron chi connectivity index (χ1n) is 4.87.